The molecule has 0 aliphatic rings. The molecule has 0 bridgehead atoms. The molecule has 0 saturated heterocycles. The summed E-state index contributed by atoms with van der Waals surface area (Å²) in [6, 6.07) is 0. The van der Waals surface area contributed by atoms with Gasteiger partial charge in [0.1, 0.15) is 0 Å². The Kier molecular flexibility index (Phi) is 8.35. The van der Waals surface area contributed by atoms with Crippen LogP contribution in [0.25, 0.3) is 0 Å². The van der Waals surface area contributed by atoms with Gasteiger partial charge in [-0.2, -0.15) is 13.2 Å². The third kappa shape index (κ3) is 9.10. The number of quaternary nitrogens is 1. The van der Waals surface area contributed by atoms with E-state index in [-0.39, 0.29) is 0 Å². The molecule has 0 aromatic heterocycles. The fourth-order valence-electron chi connectivity index (χ4n) is 1.17. The summed E-state index contributed by atoms with van der Waals surface area (Å²) < 4.78 is 59.7. The fourth-order valence-corrected chi connectivity index (χ4v) is 1.17. The molecule has 0 rings (SSSR count). The van der Waals surface area contributed by atoms with Crippen LogP contribution in [0.5, 0.6) is 0 Å². The van der Waals surface area contributed by atoms with Gasteiger partial charge in [-0.3, -0.25) is 4.48 Å². The first-order chi connectivity index (χ1) is 8.64. The summed E-state index contributed by atoms with van der Waals surface area (Å²) in [5.74, 6) is 1.12. The quantitative estimate of drug-likeness (QED) is 0.251. The monoisotopic (exact) mass is 321 g/mol. The Morgan fingerprint density at radius 3 is 1.75 bits per heavy atom. The van der Waals surface area contributed by atoms with Gasteiger partial charge in [-0.1, -0.05) is 6.92 Å². The highest BCUT2D eigenvalue weighted by molar-refractivity contribution is 7.86. The van der Waals surface area contributed by atoms with Crippen molar-refractivity contribution in [3.63, 3.8) is 0 Å². The van der Waals surface area contributed by atoms with Gasteiger partial charge in [-0.05, 0) is 6.42 Å². The van der Waals surface area contributed by atoms with Crippen molar-refractivity contribution in [2.75, 3.05) is 41.8 Å². The summed E-state index contributed by atoms with van der Waals surface area (Å²) >= 11 is 0. The largest absolute Gasteiger partial charge is 0.741 e. The maximum atomic E-state index is 10.7. The summed E-state index contributed by atoms with van der Waals surface area (Å²) in [5.41, 5.74) is -5.65. The van der Waals surface area contributed by atoms with E-state index in [1.54, 1.807) is 0 Å². The zero-order chi connectivity index (χ0) is 16.8. The van der Waals surface area contributed by atoms with Crippen LogP contribution in [0.2, 0.25) is 0 Å². The Hall–Kier alpha value is -0.870. The van der Waals surface area contributed by atoms with Gasteiger partial charge in [0, 0.05) is 20.6 Å². The Balaban J connectivity index is 0. The molecule has 20 heavy (non-hydrogen) atoms. The van der Waals surface area contributed by atoms with Crippen molar-refractivity contribution in [2.45, 2.75) is 18.9 Å². The number of rotatable bonds is 2. The highest BCUT2D eigenvalue weighted by Gasteiger charge is 2.36. The molecule has 0 aliphatic carbocycles. The maximum Gasteiger partial charge on any atom is 0.485 e. The predicted molar refractivity (Wildman–Crippen MR) is 70.1 cm³/mol. The first-order valence-electron chi connectivity index (χ1n) is 5.70. The van der Waals surface area contributed by atoms with Crippen LogP contribution in [-0.4, -0.2) is 75.6 Å². The molecule has 0 fully saturated rings. The molecule has 0 aromatic carbocycles. The second-order valence-corrected chi connectivity index (χ2v) is 6.36. The summed E-state index contributed by atoms with van der Waals surface area (Å²) in [7, 11) is 4.39. The van der Waals surface area contributed by atoms with Gasteiger partial charge in [0.15, 0.2) is 10.1 Å². The van der Waals surface area contributed by atoms with Crippen LogP contribution in [0.15, 0.2) is 4.99 Å². The van der Waals surface area contributed by atoms with Gasteiger partial charge >= 0.3 is 5.51 Å². The smallest absolute Gasteiger partial charge is 0.485 e. The number of aliphatic imine (C=N–C) groups is 1. The van der Waals surface area contributed by atoms with Crippen molar-refractivity contribution in [3.05, 3.63) is 0 Å². The van der Waals surface area contributed by atoms with E-state index in [1.165, 1.54) is 0 Å². The molecule has 0 N–H and O–H groups in total. The lowest BCUT2D eigenvalue weighted by Crippen LogP contribution is -2.49. The van der Waals surface area contributed by atoms with E-state index < -0.39 is 15.6 Å². The number of halogens is 3. The first kappa shape index (κ1) is 21.4. The molecular formula is C10H22F3N3O3S. The lowest BCUT2D eigenvalue weighted by atomic mass is 10.5. The van der Waals surface area contributed by atoms with E-state index in [9.17, 15) is 13.2 Å². The average molecular weight is 321 g/mol. The first-order valence-corrected chi connectivity index (χ1v) is 7.11. The zero-order valence-corrected chi connectivity index (χ0v) is 13.3. The third-order valence-corrected chi connectivity index (χ3v) is 2.33. The topological polar surface area (TPSA) is 72.8 Å². The van der Waals surface area contributed by atoms with Crippen molar-refractivity contribution in [1.82, 2.24) is 4.90 Å². The molecular weight excluding hydrogens is 299 g/mol. The molecule has 122 valence electrons. The SMILES string of the molecule is CCCN=C(N(C)C)[N+](C)(C)C.O=S(=O)([O-])C(F)(F)F. The molecule has 10 heteroatoms. The van der Waals surface area contributed by atoms with Crippen molar-refractivity contribution in [2.24, 2.45) is 4.99 Å². The van der Waals surface area contributed by atoms with Crippen LogP contribution < -0.4 is 0 Å². The van der Waals surface area contributed by atoms with Crippen LogP contribution in [-0.2, 0) is 10.1 Å². The molecule has 0 amide bonds. The third-order valence-electron chi connectivity index (χ3n) is 1.76. The number of nitrogens with zero attached hydrogens (tertiary/aromatic N) is 3. The van der Waals surface area contributed by atoms with Gasteiger partial charge in [0.25, 0.3) is 5.96 Å². The molecule has 6 nitrogen and oxygen atoms in total. The molecule has 0 aliphatic heterocycles. The van der Waals surface area contributed by atoms with Crippen LogP contribution >= 0.6 is 0 Å². The molecule has 0 spiro atoms. The van der Waals surface area contributed by atoms with E-state index in [1.807, 2.05) is 14.1 Å². The van der Waals surface area contributed by atoms with E-state index in [4.69, 9.17) is 13.0 Å². The minimum atomic E-state index is -6.09. The molecule has 0 heterocycles. The second-order valence-electron chi connectivity index (χ2n) is 4.99. The number of alkyl halides is 3. The summed E-state index contributed by atoms with van der Waals surface area (Å²) in [6.45, 7) is 3.06. The summed E-state index contributed by atoms with van der Waals surface area (Å²) in [5, 5.41) is 0. The van der Waals surface area contributed by atoms with Crippen molar-refractivity contribution < 1.29 is 30.6 Å². The lowest BCUT2D eigenvalue weighted by Gasteiger charge is -2.28. The van der Waals surface area contributed by atoms with Crippen molar-refractivity contribution in [3.8, 4) is 0 Å². The van der Waals surface area contributed by atoms with Crippen molar-refractivity contribution in [1.29, 1.82) is 0 Å². The molecule has 0 saturated carbocycles. The normalized spacial score (nSPS) is 13.6. The van der Waals surface area contributed by atoms with Crippen LogP contribution in [0.1, 0.15) is 13.3 Å². The van der Waals surface area contributed by atoms with Gasteiger partial charge < -0.3 is 9.45 Å². The van der Waals surface area contributed by atoms with E-state index in [0.29, 0.717) is 0 Å². The average Bonchev–Trinajstić information content (AvgIpc) is 2.13. The Labute approximate surface area is 118 Å². The van der Waals surface area contributed by atoms with Crippen molar-refractivity contribution >= 4 is 16.1 Å². The van der Waals surface area contributed by atoms with E-state index in [0.717, 1.165) is 23.4 Å². The Bertz CT molecular complexity index is 412. The second kappa shape index (κ2) is 7.79. The van der Waals surface area contributed by atoms with Gasteiger partial charge in [-0.15, -0.1) is 0 Å². The molecule has 0 aromatic rings. The predicted octanol–water partition coefficient (Wildman–Crippen LogP) is 1.07. The van der Waals surface area contributed by atoms with E-state index >= 15 is 0 Å². The minimum absolute atomic E-state index is 0.785. The minimum Gasteiger partial charge on any atom is -0.741 e. The van der Waals surface area contributed by atoms with E-state index in [2.05, 4.69) is 38.0 Å². The molecule has 0 atom stereocenters. The number of hydrogen-bond donors (Lipinski definition) is 0. The van der Waals surface area contributed by atoms with Crippen LogP contribution in [0, 0.1) is 0 Å². The standard InChI is InChI=1S/C9H22N3.CHF3O3S/c1-7-8-10-9(11(2)3)12(4,5)6;2-1(3,4)8(5,6)7/h7-8H2,1-6H3;(H,5,6,7)/q+1;/p-1. The maximum absolute atomic E-state index is 10.7. The highest BCUT2D eigenvalue weighted by atomic mass is 32.2. The van der Waals surface area contributed by atoms with Crippen LogP contribution in [0.4, 0.5) is 13.2 Å². The molecule has 0 radical (unpaired) electrons. The fraction of sp³-hybridized carbons (Fsp3) is 0.900. The Morgan fingerprint density at radius 1 is 1.25 bits per heavy atom. The number of guanidine groups is 1. The highest BCUT2D eigenvalue weighted by Crippen LogP contribution is 2.20. The Morgan fingerprint density at radius 2 is 1.60 bits per heavy atom. The number of hydrogen-bond acceptors (Lipinski definition) is 4. The van der Waals surface area contributed by atoms with Crippen LogP contribution in [0.3, 0.4) is 0 Å². The van der Waals surface area contributed by atoms with Gasteiger partial charge in [0.05, 0.1) is 21.1 Å². The van der Waals surface area contributed by atoms with Gasteiger partial charge in [-0.25, -0.2) is 13.4 Å². The zero-order valence-electron chi connectivity index (χ0n) is 12.5. The van der Waals surface area contributed by atoms with Gasteiger partial charge in [0.2, 0.25) is 0 Å². The summed E-state index contributed by atoms with van der Waals surface area (Å²) in [6.07, 6.45) is 1.11. The molecule has 0 unspecified atom stereocenters. The summed E-state index contributed by atoms with van der Waals surface area (Å²) in [4.78, 5) is 6.61. The lowest BCUT2D eigenvalue weighted by molar-refractivity contribution is -0.782.